The molecule has 0 aliphatic rings. The van der Waals surface area contributed by atoms with Gasteiger partial charge in [0.25, 0.3) is 0 Å². The Hall–Kier alpha value is -1.06. The number of aromatic nitrogens is 1. The molecule has 0 aliphatic carbocycles. The van der Waals surface area contributed by atoms with Gasteiger partial charge in [-0.1, -0.05) is 30.3 Å². The Morgan fingerprint density at radius 2 is 2.00 bits per heavy atom. The van der Waals surface area contributed by atoms with Crippen LogP contribution in [-0.2, 0) is 6.54 Å². The number of aryl methyl sites for hydroxylation is 1. The summed E-state index contributed by atoms with van der Waals surface area (Å²) in [6, 6.07) is 12.4. The standard InChI is InChI=1S/C15H16BrClN2/c1-12-9-14(16)15(18-10-12)19(8-7-17)11-13-5-3-2-4-6-13/h2-6,9-10H,7-8,11H2,1H3. The molecule has 100 valence electrons. The number of nitrogens with zero attached hydrogens (tertiary/aromatic N) is 2. The number of hydrogen-bond acceptors (Lipinski definition) is 2. The molecule has 0 unspecified atom stereocenters. The minimum absolute atomic E-state index is 0.578. The fourth-order valence-corrected chi connectivity index (χ4v) is 2.84. The van der Waals surface area contributed by atoms with Crippen molar-refractivity contribution in [2.24, 2.45) is 0 Å². The first-order valence-electron chi connectivity index (χ1n) is 6.17. The van der Waals surface area contributed by atoms with Crippen molar-refractivity contribution in [2.45, 2.75) is 13.5 Å². The van der Waals surface area contributed by atoms with Gasteiger partial charge in [0.1, 0.15) is 5.82 Å². The van der Waals surface area contributed by atoms with Crippen LogP contribution >= 0.6 is 27.5 Å². The van der Waals surface area contributed by atoms with Gasteiger partial charge in [0, 0.05) is 25.2 Å². The van der Waals surface area contributed by atoms with E-state index in [1.807, 2.05) is 31.3 Å². The monoisotopic (exact) mass is 338 g/mol. The number of rotatable bonds is 5. The SMILES string of the molecule is Cc1cnc(N(CCCl)Cc2ccccc2)c(Br)c1. The normalized spacial score (nSPS) is 10.5. The third kappa shape index (κ3) is 3.95. The molecule has 0 radical (unpaired) electrons. The quantitative estimate of drug-likeness (QED) is 0.751. The van der Waals surface area contributed by atoms with Crippen LogP contribution in [0.25, 0.3) is 0 Å². The lowest BCUT2D eigenvalue weighted by molar-refractivity contribution is 0.813. The first-order valence-corrected chi connectivity index (χ1v) is 7.50. The summed E-state index contributed by atoms with van der Waals surface area (Å²) in [6.07, 6.45) is 1.88. The molecule has 0 saturated carbocycles. The Kier molecular flexibility index (Phi) is 5.23. The Labute approximate surface area is 127 Å². The maximum Gasteiger partial charge on any atom is 0.143 e. The van der Waals surface area contributed by atoms with Crippen LogP contribution in [0.4, 0.5) is 5.82 Å². The molecule has 0 saturated heterocycles. The molecular weight excluding hydrogens is 324 g/mol. The minimum Gasteiger partial charge on any atom is -0.350 e. The molecule has 2 aromatic rings. The largest absolute Gasteiger partial charge is 0.350 e. The summed E-state index contributed by atoms with van der Waals surface area (Å²) in [5, 5.41) is 0. The lowest BCUT2D eigenvalue weighted by Crippen LogP contribution is -2.26. The van der Waals surface area contributed by atoms with E-state index in [1.165, 1.54) is 5.56 Å². The molecule has 2 nitrogen and oxygen atoms in total. The second kappa shape index (κ2) is 6.92. The number of hydrogen-bond donors (Lipinski definition) is 0. The Morgan fingerprint density at radius 3 is 2.63 bits per heavy atom. The van der Waals surface area contributed by atoms with Crippen molar-refractivity contribution in [3.05, 3.63) is 58.2 Å². The summed E-state index contributed by atoms with van der Waals surface area (Å²) in [4.78, 5) is 6.70. The third-order valence-electron chi connectivity index (χ3n) is 2.83. The summed E-state index contributed by atoms with van der Waals surface area (Å²) in [7, 11) is 0. The molecule has 1 aromatic heterocycles. The van der Waals surface area contributed by atoms with E-state index in [0.717, 1.165) is 28.9 Å². The van der Waals surface area contributed by atoms with Crippen LogP contribution in [0.15, 0.2) is 47.1 Å². The van der Waals surface area contributed by atoms with Gasteiger partial charge in [-0.2, -0.15) is 0 Å². The van der Waals surface area contributed by atoms with E-state index in [0.29, 0.717) is 5.88 Å². The van der Waals surface area contributed by atoms with E-state index in [-0.39, 0.29) is 0 Å². The zero-order chi connectivity index (χ0) is 13.7. The summed E-state index contributed by atoms with van der Waals surface area (Å²) in [5.74, 6) is 1.52. The molecule has 0 aliphatic heterocycles. The Bertz CT molecular complexity index is 531. The highest BCUT2D eigenvalue weighted by molar-refractivity contribution is 9.10. The molecule has 2 rings (SSSR count). The topological polar surface area (TPSA) is 16.1 Å². The van der Waals surface area contributed by atoms with Gasteiger partial charge in [-0.25, -0.2) is 4.98 Å². The van der Waals surface area contributed by atoms with Crippen molar-refractivity contribution < 1.29 is 0 Å². The average Bonchev–Trinajstić information content (AvgIpc) is 2.39. The predicted molar refractivity (Wildman–Crippen MR) is 84.9 cm³/mol. The van der Waals surface area contributed by atoms with Gasteiger partial charge in [-0.15, -0.1) is 11.6 Å². The summed E-state index contributed by atoms with van der Waals surface area (Å²) in [5.41, 5.74) is 2.39. The second-order valence-electron chi connectivity index (χ2n) is 4.41. The van der Waals surface area contributed by atoms with E-state index in [2.05, 4.69) is 44.0 Å². The van der Waals surface area contributed by atoms with Crippen LogP contribution in [0.3, 0.4) is 0 Å². The molecular formula is C15H16BrClN2. The molecule has 0 amide bonds. The van der Waals surface area contributed by atoms with Gasteiger partial charge in [0.05, 0.1) is 4.47 Å². The van der Waals surface area contributed by atoms with E-state index < -0.39 is 0 Å². The fraction of sp³-hybridized carbons (Fsp3) is 0.267. The highest BCUT2D eigenvalue weighted by Crippen LogP contribution is 2.25. The van der Waals surface area contributed by atoms with Crippen LogP contribution in [0.2, 0.25) is 0 Å². The van der Waals surface area contributed by atoms with E-state index in [1.54, 1.807) is 0 Å². The van der Waals surface area contributed by atoms with E-state index >= 15 is 0 Å². The summed E-state index contributed by atoms with van der Waals surface area (Å²) < 4.78 is 1.01. The molecule has 0 spiro atoms. The van der Waals surface area contributed by atoms with Gasteiger partial charge < -0.3 is 4.90 Å². The van der Waals surface area contributed by atoms with Gasteiger partial charge >= 0.3 is 0 Å². The molecule has 1 heterocycles. The van der Waals surface area contributed by atoms with Crippen molar-refractivity contribution in [1.82, 2.24) is 4.98 Å². The van der Waals surface area contributed by atoms with Crippen molar-refractivity contribution >= 4 is 33.3 Å². The first-order chi connectivity index (χ1) is 9.20. The zero-order valence-corrected chi connectivity index (χ0v) is 13.2. The lowest BCUT2D eigenvalue weighted by atomic mass is 10.2. The second-order valence-corrected chi connectivity index (χ2v) is 5.65. The molecule has 0 atom stereocenters. The highest BCUT2D eigenvalue weighted by atomic mass is 79.9. The van der Waals surface area contributed by atoms with Crippen LogP contribution in [0.5, 0.6) is 0 Å². The van der Waals surface area contributed by atoms with Crippen LogP contribution in [0.1, 0.15) is 11.1 Å². The van der Waals surface area contributed by atoms with Crippen LogP contribution < -0.4 is 4.90 Å². The maximum atomic E-state index is 5.91. The van der Waals surface area contributed by atoms with Crippen molar-refractivity contribution in [2.75, 3.05) is 17.3 Å². The van der Waals surface area contributed by atoms with Crippen LogP contribution in [-0.4, -0.2) is 17.4 Å². The molecule has 19 heavy (non-hydrogen) atoms. The van der Waals surface area contributed by atoms with Gasteiger partial charge in [-0.3, -0.25) is 0 Å². The minimum atomic E-state index is 0.578. The number of pyridine rings is 1. The van der Waals surface area contributed by atoms with Crippen molar-refractivity contribution in [1.29, 1.82) is 0 Å². The van der Waals surface area contributed by atoms with Gasteiger partial charge in [0.2, 0.25) is 0 Å². The van der Waals surface area contributed by atoms with E-state index in [9.17, 15) is 0 Å². The molecule has 1 aromatic carbocycles. The van der Waals surface area contributed by atoms with Crippen molar-refractivity contribution in [3.63, 3.8) is 0 Å². The predicted octanol–water partition coefficient (Wildman–Crippen LogP) is 4.40. The fourth-order valence-electron chi connectivity index (χ4n) is 1.92. The molecule has 0 N–H and O–H groups in total. The Balaban J connectivity index is 2.24. The van der Waals surface area contributed by atoms with Gasteiger partial charge in [0.15, 0.2) is 0 Å². The lowest BCUT2D eigenvalue weighted by Gasteiger charge is -2.24. The first kappa shape index (κ1) is 14.4. The number of anilines is 1. The molecule has 0 bridgehead atoms. The van der Waals surface area contributed by atoms with Gasteiger partial charge in [-0.05, 0) is 40.0 Å². The molecule has 0 fully saturated rings. The third-order valence-corrected chi connectivity index (χ3v) is 3.58. The summed E-state index contributed by atoms with van der Waals surface area (Å²) in [6.45, 7) is 3.61. The average molecular weight is 340 g/mol. The van der Waals surface area contributed by atoms with E-state index in [4.69, 9.17) is 11.6 Å². The molecule has 4 heteroatoms. The smallest absolute Gasteiger partial charge is 0.143 e. The number of halogens is 2. The zero-order valence-electron chi connectivity index (χ0n) is 10.8. The Morgan fingerprint density at radius 1 is 1.26 bits per heavy atom. The summed E-state index contributed by atoms with van der Waals surface area (Å²) >= 11 is 9.50. The maximum absolute atomic E-state index is 5.91. The van der Waals surface area contributed by atoms with Crippen molar-refractivity contribution in [3.8, 4) is 0 Å². The number of alkyl halides is 1. The van der Waals surface area contributed by atoms with Crippen LogP contribution in [0, 0.1) is 6.92 Å². The number of benzene rings is 1. The highest BCUT2D eigenvalue weighted by Gasteiger charge is 2.12.